The Bertz CT molecular complexity index is 327. The average molecular weight is 257 g/mol. The van der Waals surface area contributed by atoms with Crippen molar-refractivity contribution >= 4 is 17.7 Å². The van der Waals surface area contributed by atoms with Gasteiger partial charge in [0.05, 0.1) is 18.6 Å². The van der Waals surface area contributed by atoms with Gasteiger partial charge < -0.3 is 14.4 Å². The highest BCUT2D eigenvalue weighted by Gasteiger charge is 2.11. The maximum atomic E-state index is 11.7. The van der Waals surface area contributed by atoms with Gasteiger partial charge in [0.25, 0.3) is 0 Å². The van der Waals surface area contributed by atoms with Crippen LogP contribution in [0.1, 0.15) is 12.7 Å². The molecule has 0 saturated heterocycles. The third kappa shape index (κ3) is 5.28. The lowest BCUT2D eigenvalue weighted by Gasteiger charge is -2.16. The lowest BCUT2D eigenvalue weighted by molar-refractivity contribution is -0.127. The van der Waals surface area contributed by atoms with Crippen molar-refractivity contribution in [1.82, 2.24) is 4.90 Å². The fourth-order valence-electron chi connectivity index (χ4n) is 1.23. The number of carbonyl (C=O) groups is 1. The molecule has 0 spiro atoms. The normalized spacial score (nSPS) is 12.4. The van der Waals surface area contributed by atoms with E-state index in [0.717, 1.165) is 11.5 Å². The minimum absolute atomic E-state index is 0.0801. The highest BCUT2D eigenvalue weighted by Crippen LogP contribution is 2.10. The van der Waals surface area contributed by atoms with Crippen LogP contribution in [0, 0.1) is 5.92 Å². The molecule has 17 heavy (non-hydrogen) atoms. The summed E-state index contributed by atoms with van der Waals surface area (Å²) in [7, 11) is 1.76. The van der Waals surface area contributed by atoms with E-state index >= 15 is 0 Å². The molecule has 1 heterocycles. The summed E-state index contributed by atoms with van der Waals surface area (Å²) in [5, 5.41) is 8.86. The van der Waals surface area contributed by atoms with Crippen LogP contribution in [0.15, 0.2) is 22.8 Å². The number of aliphatic hydroxyl groups is 1. The quantitative estimate of drug-likeness (QED) is 0.806. The maximum Gasteiger partial charge on any atom is 0.232 e. The van der Waals surface area contributed by atoms with Crippen LogP contribution in [0.3, 0.4) is 0 Å². The molecule has 1 N–H and O–H groups in total. The Morgan fingerprint density at radius 3 is 3.00 bits per heavy atom. The molecule has 1 amide bonds. The molecule has 1 atom stereocenters. The van der Waals surface area contributed by atoms with Crippen molar-refractivity contribution in [2.75, 3.05) is 25.2 Å². The van der Waals surface area contributed by atoms with Crippen LogP contribution in [-0.4, -0.2) is 41.1 Å². The van der Waals surface area contributed by atoms with Crippen LogP contribution >= 0.6 is 11.8 Å². The molecule has 0 aromatic carbocycles. The second-order valence-electron chi connectivity index (χ2n) is 4.13. The second kappa shape index (κ2) is 7.40. The van der Waals surface area contributed by atoms with E-state index in [0.29, 0.717) is 12.3 Å². The fraction of sp³-hybridized carbons (Fsp3) is 0.583. The molecule has 1 rings (SSSR count). The summed E-state index contributed by atoms with van der Waals surface area (Å²) in [5.41, 5.74) is 0. The van der Waals surface area contributed by atoms with Gasteiger partial charge in [-0.2, -0.15) is 11.8 Å². The first-order valence-electron chi connectivity index (χ1n) is 5.58. The van der Waals surface area contributed by atoms with Crippen LogP contribution in [0.4, 0.5) is 0 Å². The summed E-state index contributed by atoms with van der Waals surface area (Å²) in [5.74, 6) is 2.35. The predicted molar refractivity (Wildman–Crippen MR) is 68.8 cm³/mol. The molecular weight excluding hydrogens is 238 g/mol. The summed E-state index contributed by atoms with van der Waals surface area (Å²) in [6.07, 6.45) is 1.60. The molecule has 0 aliphatic heterocycles. The molecule has 0 bridgehead atoms. The third-order valence-electron chi connectivity index (χ3n) is 2.34. The first-order chi connectivity index (χ1) is 8.13. The van der Waals surface area contributed by atoms with Crippen molar-refractivity contribution < 1.29 is 14.3 Å². The Balaban J connectivity index is 2.23. The van der Waals surface area contributed by atoms with E-state index in [2.05, 4.69) is 0 Å². The van der Waals surface area contributed by atoms with Crippen LogP contribution in [0.25, 0.3) is 0 Å². The molecule has 1 aromatic heterocycles. The molecule has 1 unspecified atom stereocenters. The summed E-state index contributed by atoms with van der Waals surface area (Å²) in [4.78, 5) is 13.4. The van der Waals surface area contributed by atoms with Crippen molar-refractivity contribution in [2.24, 2.45) is 5.92 Å². The number of rotatable bonds is 7. The SMILES string of the molecule is CC(CO)CSCC(=O)N(C)Cc1ccco1. The Morgan fingerprint density at radius 1 is 1.65 bits per heavy atom. The van der Waals surface area contributed by atoms with Crippen LogP contribution < -0.4 is 0 Å². The number of hydrogen-bond acceptors (Lipinski definition) is 4. The number of amides is 1. The van der Waals surface area contributed by atoms with E-state index in [-0.39, 0.29) is 18.4 Å². The van der Waals surface area contributed by atoms with Crippen LogP contribution in [0.5, 0.6) is 0 Å². The van der Waals surface area contributed by atoms with E-state index < -0.39 is 0 Å². The summed E-state index contributed by atoms with van der Waals surface area (Å²) >= 11 is 1.55. The summed E-state index contributed by atoms with van der Waals surface area (Å²) in [6, 6.07) is 3.66. The number of furan rings is 1. The van der Waals surface area contributed by atoms with E-state index in [1.807, 2.05) is 19.1 Å². The van der Waals surface area contributed by atoms with E-state index in [1.54, 1.807) is 30.0 Å². The van der Waals surface area contributed by atoms with Gasteiger partial charge >= 0.3 is 0 Å². The van der Waals surface area contributed by atoms with Crippen molar-refractivity contribution in [3.05, 3.63) is 24.2 Å². The molecule has 0 radical (unpaired) electrons. The lowest BCUT2D eigenvalue weighted by Crippen LogP contribution is -2.28. The first kappa shape index (κ1) is 14.1. The van der Waals surface area contributed by atoms with Gasteiger partial charge in [-0.15, -0.1) is 0 Å². The van der Waals surface area contributed by atoms with Gasteiger partial charge in [-0.05, 0) is 23.8 Å². The Morgan fingerprint density at radius 2 is 2.41 bits per heavy atom. The first-order valence-corrected chi connectivity index (χ1v) is 6.74. The number of thioether (sulfide) groups is 1. The zero-order chi connectivity index (χ0) is 12.7. The van der Waals surface area contributed by atoms with Gasteiger partial charge in [0, 0.05) is 13.7 Å². The van der Waals surface area contributed by atoms with Crippen molar-refractivity contribution in [1.29, 1.82) is 0 Å². The molecule has 4 nitrogen and oxygen atoms in total. The zero-order valence-corrected chi connectivity index (χ0v) is 11.1. The van der Waals surface area contributed by atoms with Gasteiger partial charge in [-0.25, -0.2) is 0 Å². The smallest absolute Gasteiger partial charge is 0.232 e. The minimum atomic E-state index is 0.0801. The third-order valence-corrected chi connectivity index (χ3v) is 3.59. The molecule has 0 saturated carbocycles. The van der Waals surface area contributed by atoms with Crippen molar-refractivity contribution in [3.8, 4) is 0 Å². The molecule has 1 aromatic rings. The summed E-state index contributed by atoms with van der Waals surface area (Å²) in [6.45, 7) is 2.63. The predicted octanol–water partition coefficient (Wildman–Crippen LogP) is 1.60. The Kier molecular flexibility index (Phi) is 6.15. The zero-order valence-electron chi connectivity index (χ0n) is 10.3. The summed E-state index contributed by atoms with van der Waals surface area (Å²) < 4.78 is 5.18. The molecule has 0 aliphatic rings. The highest BCUT2D eigenvalue weighted by molar-refractivity contribution is 7.99. The van der Waals surface area contributed by atoms with Gasteiger partial charge in [0.1, 0.15) is 5.76 Å². The second-order valence-corrected chi connectivity index (χ2v) is 5.16. The maximum absolute atomic E-state index is 11.7. The standard InChI is InChI=1S/C12H19NO3S/c1-10(7-14)8-17-9-12(15)13(2)6-11-4-3-5-16-11/h3-5,10,14H,6-9H2,1-2H3. The van der Waals surface area contributed by atoms with Gasteiger partial charge in [-0.3, -0.25) is 4.79 Å². The monoisotopic (exact) mass is 257 g/mol. The number of aliphatic hydroxyl groups excluding tert-OH is 1. The molecule has 0 aliphatic carbocycles. The lowest BCUT2D eigenvalue weighted by atomic mass is 10.2. The van der Waals surface area contributed by atoms with Gasteiger partial charge in [-0.1, -0.05) is 6.92 Å². The van der Waals surface area contributed by atoms with Gasteiger partial charge in [0.2, 0.25) is 5.91 Å². The van der Waals surface area contributed by atoms with Gasteiger partial charge in [0.15, 0.2) is 0 Å². The van der Waals surface area contributed by atoms with Crippen LogP contribution in [-0.2, 0) is 11.3 Å². The number of nitrogens with zero attached hydrogens (tertiary/aromatic N) is 1. The number of carbonyl (C=O) groups excluding carboxylic acids is 1. The van der Waals surface area contributed by atoms with E-state index in [4.69, 9.17) is 9.52 Å². The topological polar surface area (TPSA) is 53.7 Å². The molecule has 0 fully saturated rings. The molecule has 5 heteroatoms. The Hall–Kier alpha value is -0.940. The molecule has 96 valence electrons. The van der Waals surface area contributed by atoms with E-state index in [1.165, 1.54) is 0 Å². The van der Waals surface area contributed by atoms with Crippen molar-refractivity contribution in [2.45, 2.75) is 13.5 Å². The Labute approximate surface area is 106 Å². The van der Waals surface area contributed by atoms with Crippen LogP contribution in [0.2, 0.25) is 0 Å². The van der Waals surface area contributed by atoms with Crippen molar-refractivity contribution in [3.63, 3.8) is 0 Å². The minimum Gasteiger partial charge on any atom is -0.467 e. The highest BCUT2D eigenvalue weighted by atomic mass is 32.2. The fourth-order valence-corrected chi connectivity index (χ4v) is 2.26. The molecular formula is C12H19NO3S. The van der Waals surface area contributed by atoms with E-state index in [9.17, 15) is 4.79 Å². The number of hydrogen-bond donors (Lipinski definition) is 1. The largest absolute Gasteiger partial charge is 0.467 e. The average Bonchev–Trinajstić information content (AvgIpc) is 2.81.